The van der Waals surface area contributed by atoms with Gasteiger partial charge in [-0.05, 0) is 29.3 Å². The number of hydrogen-bond acceptors (Lipinski definition) is 3. The van der Waals surface area contributed by atoms with E-state index < -0.39 is 0 Å². The summed E-state index contributed by atoms with van der Waals surface area (Å²) in [5.74, 6) is 2.09. The second-order valence-electron chi connectivity index (χ2n) is 4.66. The third-order valence-corrected chi connectivity index (χ3v) is 4.14. The van der Waals surface area contributed by atoms with E-state index in [0.29, 0.717) is 29.7 Å². The number of rotatable bonds is 3. The maximum Gasteiger partial charge on any atom is 0.162 e. The van der Waals surface area contributed by atoms with Gasteiger partial charge in [-0.2, -0.15) is 0 Å². The molecule has 0 bridgehead atoms. The average molecular weight is 325 g/mol. The fourth-order valence-electron chi connectivity index (χ4n) is 2.25. The number of methoxy groups -OCH3 is 1. The van der Waals surface area contributed by atoms with Gasteiger partial charge in [0.25, 0.3) is 0 Å². The lowest BCUT2D eigenvalue weighted by Gasteiger charge is -2.21. The van der Waals surface area contributed by atoms with Crippen LogP contribution in [-0.4, -0.2) is 20.3 Å². The van der Waals surface area contributed by atoms with Gasteiger partial charge in [-0.25, -0.2) is 0 Å². The molecule has 21 heavy (non-hydrogen) atoms. The van der Waals surface area contributed by atoms with Crippen molar-refractivity contribution in [3.8, 4) is 17.2 Å². The first kappa shape index (κ1) is 14.4. The number of hydrogen-bond donors (Lipinski definition) is 0. The Labute approximate surface area is 133 Å². The number of benzene rings is 2. The van der Waals surface area contributed by atoms with E-state index in [4.69, 9.17) is 37.4 Å². The average Bonchev–Trinajstić information content (AvgIpc) is 2.53. The Morgan fingerprint density at radius 3 is 2.52 bits per heavy atom. The van der Waals surface area contributed by atoms with Crippen molar-refractivity contribution < 1.29 is 14.2 Å². The van der Waals surface area contributed by atoms with Gasteiger partial charge < -0.3 is 14.2 Å². The summed E-state index contributed by atoms with van der Waals surface area (Å²) in [4.78, 5) is 0. The highest BCUT2D eigenvalue weighted by molar-refractivity contribution is 6.33. The molecule has 3 nitrogen and oxygen atoms in total. The molecular formula is C16H14Cl2O3. The molecular weight excluding hydrogens is 311 g/mol. The molecule has 3 rings (SSSR count). The van der Waals surface area contributed by atoms with Gasteiger partial charge in [-0.1, -0.05) is 23.7 Å². The van der Waals surface area contributed by atoms with Crippen LogP contribution >= 0.6 is 23.2 Å². The first-order valence-electron chi connectivity index (χ1n) is 6.56. The molecule has 0 saturated heterocycles. The van der Waals surface area contributed by atoms with Crippen molar-refractivity contribution in [3.63, 3.8) is 0 Å². The Hall–Kier alpha value is -1.58. The van der Waals surface area contributed by atoms with E-state index in [1.807, 2.05) is 30.3 Å². The van der Waals surface area contributed by atoms with Crippen molar-refractivity contribution in [3.05, 3.63) is 52.5 Å². The quantitative estimate of drug-likeness (QED) is 0.781. The minimum atomic E-state index is -0.386. The zero-order chi connectivity index (χ0) is 14.8. The van der Waals surface area contributed by atoms with E-state index in [0.717, 1.165) is 16.9 Å². The van der Waals surface area contributed by atoms with Crippen LogP contribution in [0.1, 0.15) is 16.5 Å². The SMILES string of the molecule is COc1cccc(C(Cl)c2cc3c(cc2Cl)OCCO3)c1. The van der Waals surface area contributed by atoms with Crippen molar-refractivity contribution in [1.29, 1.82) is 0 Å². The van der Waals surface area contributed by atoms with Gasteiger partial charge in [0.05, 0.1) is 12.5 Å². The molecule has 0 saturated carbocycles. The highest BCUT2D eigenvalue weighted by atomic mass is 35.5. The molecule has 1 aliphatic heterocycles. The monoisotopic (exact) mass is 324 g/mol. The van der Waals surface area contributed by atoms with E-state index in [1.165, 1.54) is 0 Å². The summed E-state index contributed by atoms with van der Waals surface area (Å²) < 4.78 is 16.3. The number of ether oxygens (including phenoxy) is 3. The van der Waals surface area contributed by atoms with Crippen molar-refractivity contribution in [2.45, 2.75) is 5.38 Å². The first-order chi connectivity index (χ1) is 10.2. The second kappa shape index (κ2) is 6.04. The van der Waals surface area contributed by atoms with Gasteiger partial charge in [-0.15, -0.1) is 11.6 Å². The number of halogens is 2. The molecule has 110 valence electrons. The third-order valence-electron chi connectivity index (χ3n) is 3.32. The van der Waals surface area contributed by atoms with Crippen LogP contribution in [0.3, 0.4) is 0 Å². The Morgan fingerprint density at radius 1 is 1.10 bits per heavy atom. The van der Waals surface area contributed by atoms with Gasteiger partial charge in [0.15, 0.2) is 11.5 Å². The molecule has 0 fully saturated rings. The van der Waals surface area contributed by atoms with Crippen LogP contribution < -0.4 is 14.2 Å². The van der Waals surface area contributed by atoms with Gasteiger partial charge in [-0.3, -0.25) is 0 Å². The van der Waals surface area contributed by atoms with Crippen LogP contribution in [0.25, 0.3) is 0 Å². The summed E-state index contributed by atoms with van der Waals surface area (Å²) >= 11 is 12.9. The van der Waals surface area contributed by atoms with Gasteiger partial charge in [0.1, 0.15) is 19.0 Å². The Bertz CT molecular complexity index is 658. The molecule has 2 aromatic rings. The lowest BCUT2D eigenvalue weighted by Crippen LogP contribution is -2.15. The summed E-state index contributed by atoms with van der Waals surface area (Å²) in [5.41, 5.74) is 1.70. The lowest BCUT2D eigenvalue weighted by molar-refractivity contribution is 0.171. The fraction of sp³-hybridized carbons (Fsp3) is 0.250. The summed E-state index contributed by atoms with van der Waals surface area (Å²) in [6.07, 6.45) is 0. The molecule has 1 heterocycles. The standard InChI is InChI=1S/C16H14Cl2O3/c1-19-11-4-2-3-10(7-11)16(18)12-8-14-15(9-13(12)17)21-6-5-20-14/h2-4,7-9,16H,5-6H2,1H3. The molecule has 2 aromatic carbocycles. The molecule has 0 aromatic heterocycles. The molecule has 0 amide bonds. The second-order valence-corrected chi connectivity index (χ2v) is 5.50. The molecule has 1 unspecified atom stereocenters. The van der Waals surface area contributed by atoms with Gasteiger partial charge in [0.2, 0.25) is 0 Å². The minimum absolute atomic E-state index is 0.386. The number of fused-ring (bicyclic) bond motifs is 1. The van der Waals surface area contributed by atoms with Gasteiger partial charge >= 0.3 is 0 Å². The predicted molar refractivity (Wildman–Crippen MR) is 83.1 cm³/mol. The third kappa shape index (κ3) is 2.89. The molecule has 5 heteroatoms. The minimum Gasteiger partial charge on any atom is -0.497 e. The molecule has 0 N–H and O–H groups in total. The largest absolute Gasteiger partial charge is 0.497 e. The molecule has 0 aliphatic carbocycles. The molecule has 1 aliphatic rings. The maximum atomic E-state index is 6.57. The van der Waals surface area contributed by atoms with Crippen molar-refractivity contribution in [2.75, 3.05) is 20.3 Å². The van der Waals surface area contributed by atoms with E-state index in [1.54, 1.807) is 13.2 Å². The highest BCUT2D eigenvalue weighted by Gasteiger charge is 2.20. The molecule has 0 radical (unpaired) electrons. The summed E-state index contributed by atoms with van der Waals surface area (Å²) in [6, 6.07) is 11.2. The van der Waals surface area contributed by atoms with Crippen LogP contribution in [0.5, 0.6) is 17.2 Å². The highest BCUT2D eigenvalue weighted by Crippen LogP contribution is 2.41. The summed E-state index contributed by atoms with van der Waals surface area (Å²) in [7, 11) is 1.62. The zero-order valence-electron chi connectivity index (χ0n) is 11.4. The van der Waals surface area contributed by atoms with Crippen LogP contribution in [0.4, 0.5) is 0 Å². The fourth-order valence-corrected chi connectivity index (χ4v) is 2.89. The normalized spacial score (nSPS) is 14.6. The van der Waals surface area contributed by atoms with Crippen LogP contribution in [0.15, 0.2) is 36.4 Å². The zero-order valence-corrected chi connectivity index (χ0v) is 12.9. The van der Waals surface area contributed by atoms with Crippen molar-refractivity contribution in [2.24, 2.45) is 0 Å². The predicted octanol–water partition coefficient (Wildman–Crippen LogP) is 4.45. The molecule has 1 atom stereocenters. The first-order valence-corrected chi connectivity index (χ1v) is 7.37. The van der Waals surface area contributed by atoms with Gasteiger partial charge in [0, 0.05) is 11.1 Å². The Balaban J connectivity index is 1.98. The summed E-state index contributed by atoms with van der Waals surface area (Å²) in [5, 5.41) is 0.172. The van der Waals surface area contributed by atoms with E-state index >= 15 is 0 Å². The Kier molecular flexibility index (Phi) is 4.13. The van der Waals surface area contributed by atoms with E-state index in [-0.39, 0.29) is 5.38 Å². The van der Waals surface area contributed by atoms with Crippen molar-refractivity contribution in [1.82, 2.24) is 0 Å². The van der Waals surface area contributed by atoms with E-state index in [2.05, 4.69) is 0 Å². The van der Waals surface area contributed by atoms with Crippen LogP contribution in [0, 0.1) is 0 Å². The maximum absolute atomic E-state index is 6.57. The summed E-state index contributed by atoms with van der Waals surface area (Å²) in [6.45, 7) is 1.06. The van der Waals surface area contributed by atoms with Crippen LogP contribution in [0.2, 0.25) is 5.02 Å². The topological polar surface area (TPSA) is 27.7 Å². The number of alkyl halides is 1. The van der Waals surface area contributed by atoms with Crippen LogP contribution in [-0.2, 0) is 0 Å². The Morgan fingerprint density at radius 2 is 1.81 bits per heavy atom. The van der Waals surface area contributed by atoms with Crippen molar-refractivity contribution >= 4 is 23.2 Å². The molecule has 0 spiro atoms. The lowest BCUT2D eigenvalue weighted by atomic mass is 10.0. The van der Waals surface area contributed by atoms with E-state index in [9.17, 15) is 0 Å². The smallest absolute Gasteiger partial charge is 0.162 e.